The third kappa shape index (κ3) is 4.73. The smallest absolute Gasteiger partial charge is 0.250 e. The summed E-state index contributed by atoms with van der Waals surface area (Å²) in [5.74, 6) is 2.09. The average Bonchev–Trinajstić information content (AvgIpc) is 2.86. The van der Waals surface area contributed by atoms with E-state index < -0.39 is 10.0 Å². The van der Waals surface area contributed by atoms with E-state index in [9.17, 15) is 8.42 Å². The summed E-state index contributed by atoms with van der Waals surface area (Å²) in [6, 6.07) is 4.10. The summed E-state index contributed by atoms with van der Waals surface area (Å²) in [6.07, 6.45) is 1.86. The van der Waals surface area contributed by atoms with Crippen molar-refractivity contribution in [1.29, 1.82) is 0 Å². The number of rotatable bonds is 6. The number of thiophene rings is 1. The van der Waals surface area contributed by atoms with Crippen molar-refractivity contribution in [3.05, 3.63) is 17.0 Å². The molecular weight excluding hydrogens is 312 g/mol. The van der Waals surface area contributed by atoms with Gasteiger partial charge in [-0.2, -0.15) is 11.8 Å². The summed E-state index contributed by atoms with van der Waals surface area (Å²) in [7, 11) is -3.35. The first-order chi connectivity index (χ1) is 9.47. The number of sulfonamides is 1. The SMILES string of the molecule is CC(C)NCc1ccc(S(=O)(=O)NC2CCSCC2)s1. The molecule has 0 radical (unpaired) electrons. The summed E-state index contributed by atoms with van der Waals surface area (Å²) in [5, 5.41) is 3.30. The Balaban J connectivity index is 1.98. The van der Waals surface area contributed by atoms with Crippen LogP contribution in [-0.4, -0.2) is 32.0 Å². The summed E-state index contributed by atoms with van der Waals surface area (Å²) in [4.78, 5) is 1.05. The second-order valence-corrected chi connectivity index (χ2v) is 9.60. The topological polar surface area (TPSA) is 58.2 Å². The molecule has 1 aromatic heterocycles. The van der Waals surface area contributed by atoms with Gasteiger partial charge in [0.1, 0.15) is 4.21 Å². The van der Waals surface area contributed by atoms with E-state index in [2.05, 4.69) is 23.9 Å². The molecule has 1 aromatic rings. The highest BCUT2D eigenvalue weighted by molar-refractivity contribution is 7.99. The highest BCUT2D eigenvalue weighted by atomic mass is 32.2. The van der Waals surface area contributed by atoms with Gasteiger partial charge in [-0.15, -0.1) is 11.3 Å². The molecule has 0 aromatic carbocycles. The molecule has 2 rings (SSSR count). The molecule has 0 aliphatic carbocycles. The van der Waals surface area contributed by atoms with Gasteiger partial charge in [-0.25, -0.2) is 13.1 Å². The van der Waals surface area contributed by atoms with Crippen LogP contribution in [0.3, 0.4) is 0 Å². The molecule has 1 fully saturated rings. The van der Waals surface area contributed by atoms with Gasteiger partial charge in [0.25, 0.3) is 0 Å². The van der Waals surface area contributed by atoms with Crippen LogP contribution in [0.1, 0.15) is 31.6 Å². The lowest BCUT2D eigenvalue weighted by molar-refractivity contribution is 0.530. The number of nitrogens with one attached hydrogen (secondary N) is 2. The lowest BCUT2D eigenvalue weighted by Gasteiger charge is -2.21. The van der Waals surface area contributed by atoms with Crippen LogP contribution >= 0.6 is 23.1 Å². The van der Waals surface area contributed by atoms with Crippen LogP contribution in [0.25, 0.3) is 0 Å². The molecule has 20 heavy (non-hydrogen) atoms. The van der Waals surface area contributed by atoms with Gasteiger partial charge < -0.3 is 5.32 Å². The first-order valence-electron chi connectivity index (χ1n) is 6.89. The molecule has 114 valence electrons. The van der Waals surface area contributed by atoms with Gasteiger partial charge in [-0.05, 0) is 36.5 Å². The van der Waals surface area contributed by atoms with E-state index in [0.717, 1.165) is 35.8 Å². The van der Waals surface area contributed by atoms with E-state index in [1.165, 1.54) is 11.3 Å². The molecule has 1 saturated heterocycles. The quantitative estimate of drug-likeness (QED) is 0.839. The monoisotopic (exact) mass is 334 g/mol. The van der Waals surface area contributed by atoms with Crippen LogP contribution in [0.4, 0.5) is 0 Å². The van der Waals surface area contributed by atoms with Crippen LogP contribution in [0.5, 0.6) is 0 Å². The Morgan fingerprint density at radius 2 is 2.00 bits per heavy atom. The van der Waals surface area contributed by atoms with Gasteiger partial charge in [-0.1, -0.05) is 13.8 Å². The van der Waals surface area contributed by atoms with E-state index in [4.69, 9.17) is 0 Å². The molecule has 0 saturated carbocycles. The van der Waals surface area contributed by atoms with Crippen molar-refractivity contribution < 1.29 is 8.42 Å². The maximum atomic E-state index is 12.3. The van der Waals surface area contributed by atoms with Gasteiger partial charge in [0.05, 0.1) is 0 Å². The Morgan fingerprint density at radius 3 is 2.65 bits per heavy atom. The Labute approximate surface area is 129 Å². The van der Waals surface area contributed by atoms with E-state index in [1.54, 1.807) is 6.07 Å². The molecule has 1 aliphatic heterocycles. The van der Waals surface area contributed by atoms with Crippen LogP contribution in [-0.2, 0) is 16.6 Å². The first kappa shape index (κ1) is 16.3. The molecular formula is C13H22N2O2S3. The lowest BCUT2D eigenvalue weighted by atomic mass is 10.2. The summed E-state index contributed by atoms with van der Waals surface area (Å²) in [6.45, 7) is 4.87. The predicted octanol–water partition coefficient (Wildman–Crippen LogP) is 2.42. The Kier molecular flexibility index (Phi) is 5.92. The zero-order valence-electron chi connectivity index (χ0n) is 11.9. The van der Waals surface area contributed by atoms with Crippen LogP contribution in [0.2, 0.25) is 0 Å². The highest BCUT2D eigenvalue weighted by Crippen LogP contribution is 2.24. The number of hydrogen-bond acceptors (Lipinski definition) is 5. The molecule has 0 bridgehead atoms. The molecule has 4 nitrogen and oxygen atoms in total. The lowest BCUT2D eigenvalue weighted by Crippen LogP contribution is -2.36. The fourth-order valence-electron chi connectivity index (χ4n) is 2.00. The fraction of sp³-hybridized carbons (Fsp3) is 0.692. The number of thioether (sulfide) groups is 1. The summed E-state index contributed by atoms with van der Waals surface area (Å²) >= 11 is 3.25. The van der Waals surface area contributed by atoms with Crippen molar-refractivity contribution in [3.8, 4) is 0 Å². The van der Waals surface area contributed by atoms with Gasteiger partial charge >= 0.3 is 0 Å². The zero-order valence-corrected chi connectivity index (χ0v) is 14.3. The van der Waals surface area contributed by atoms with Gasteiger partial charge in [0.15, 0.2) is 0 Å². The molecule has 2 heterocycles. The van der Waals surface area contributed by atoms with E-state index >= 15 is 0 Å². The van der Waals surface area contributed by atoms with Crippen LogP contribution < -0.4 is 10.0 Å². The van der Waals surface area contributed by atoms with E-state index in [0.29, 0.717) is 10.3 Å². The molecule has 0 spiro atoms. The summed E-state index contributed by atoms with van der Waals surface area (Å²) < 4.78 is 27.9. The van der Waals surface area contributed by atoms with E-state index in [1.807, 2.05) is 17.8 Å². The van der Waals surface area contributed by atoms with Crippen LogP contribution in [0.15, 0.2) is 16.3 Å². The molecule has 0 unspecified atom stereocenters. The molecule has 7 heteroatoms. The van der Waals surface area contributed by atoms with Gasteiger partial charge in [-0.3, -0.25) is 0 Å². The fourth-order valence-corrected chi connectivity index (χ4v) is 5.73. The first-order valence-corrected chi connectivity index (χ1v) is 10.3. The average molecular weight is 335 g/mol. The Bertz CT molecular complexity index is 519. The van der Waals surface area contributed by atoms with E-state index in [-0.39, 0.29) is 6.04 Å². The molecule has 1 aliphatic rings. The molecule has 0 amide bonds. The molecule has 2 N–H and O–H groups in total. The third-order valence-corrected chi connectivity index (χ3v) is 7.28. The molecule has 0 atom stereocenters. The zero-order chi connectivity index (χ0) is 14.6. The van der Waals surface area contributed by atoms with Crippen LogP contribution in [0, 0.1) is 0 Å². The number of hydrogen-bond donors (Lipinski definition) is 2. The maximum Gasteiger partial charge on any atom is 0.250 e. The standard InChI is InChI=1S/C13H22N2O2S3/c1-10(2)14-9-12-3-4-13(19-12)20(16,17)15-11-5-7-18-8-6-11/h3-4,10-11,14-15H,5-9H2,1-2H3. The minimum Gasteiger partial charge on any atom is -0.310 e. The third-order valence-electron chi connectivity index (χ3n) is 3.13. The van der Waals surface area contributed by atoms with Crippen molar-refractivity contribution in [2.75, 3.05) is 11.5 Å². The normalized spacial score (nSPS) is 17.8. The van der Waals surface area contributed by atoms with Crippen molar-refractivity contribution in [2.24, 2.45) is 0 Å². The van der Waals surface area contributed by atoms with Crippen molar-refractivity contribution in [2.45, 2.75) is 49.5 Å². The maximum absolute atomic E-state index is 12.3. The minimum absolute atomic E-state index is 0.0978. The van der Waals surface area contributed by atoms with Crippen molar-refractivity contribution in [1.82, 2.24) is 10.0 Å². The Morgan fingerprint density at radius 1 is 1.30 bits per heavy atom. The predicted molar refractivity (Wildman–Crippen MR) is 87.0 cm³/mol. The highest BCUT2D eigenvalue weighted by Gasteiger charge is 2.23. The summed E-state index contributed by atoms with van der Waals surface area (Å²) in [5.41, 5.74) is 0. The second kappa shape index (κ2) is 7.26. The van der Waals surface area contributed by atoms with Gasteiger partial charge in [0.2, 0.25) is 10.0 Å². The Hall–Kier alpha value is -0.0800. The minimum atomic E-state index is -3.35. The second-order valence-electron chi connectivity index (χ2n) is 5.26. The largest absolute Gasteiger partial charge is 0.310 e. The van der Waals surface area contributed by atoms with Crippen molar-refractivity contribution in [3.63, 3.8) is 0 Å². The van der Waals surface area contributed by atoms with Gasteiger partial charge in [0, 0.05) is 23.5 Å². The van der Waals surface area contributed by atoms with Crippen molar-refractivity contribution >= 4 is 33.1 Å².